The minimum absolute atomic E-state index is 0.0857. The van der Waals surface area contributed by atoms with Gasteiger partial charge in [0.2, 0.25) is 0 Å². The monoisotopic (exact) mass is 603 g/mol. The molecule has 5 nitrogen and oxygen atoms in total. The van der Waals surface area contributed by atoms with E-state index in [1.54, 1.807) is 0 Å². The molecule has 4 aromatic carbocycles. The maximum atomic E-state index is 5.11. The molecule has 1 aliphatic rings. The summed E-state index contributed by atoms with van der Waals surface area (Å²) in [5, 5.41) is 2.94. The van der Waals surface area contributed by atoms with Crippen molar-refractivity contribution in [1.82, 2.24) is 19.3 Å². The number of pyridine rings is 2. The highest BCUT2D eigenvalue weighted by atomic mass is 32.1. The van der Waals surface area contributed by atoms with E-state index < -0.39 is 0 Å². The van der Waals surface area contributed by atoms with E-state index in [2.05, 4.69) is 134 Å². The summed E-state index contributed by atoms with van der Waals surface area (Å²) in [6, 6.07) is 34.7. The van der Waals surface area contributed by atoms with Crippen molar-refractivity contribution in [3.05, 3.63) is 126 Å². The van der Waals surface area contributed by atoms with E-state index >= 15 is 0 Å². The molecule has 1 aliphatic heterocycles. The second kappa shape index (κ2) is 10.0. The molecule has 7 aromatic rings. The first kappa shape index (κ1) is 27.6. The maximum absolute atomic E-state index is 5.11. The molecule has 0 atom stereocenters. The van der Waals surface area contributed by atoms with Gasteiger partial charge in [-0.1, -0.05) is 89.2 Å². The van der Waals surface area contributed by atoms with Crippen molar-refractivity contribution >= 4 is 50.4 Å². The van der Waals surface area contributed by atoms with Gasteiger partial charge in [-0.05, 0) is 76.1 Å². The van der Waals surface area contributed by atoms with Crippen molar-refractivity contribution in [2.75, 3.05) is 4.90 Å². The SMILES string of the molecule is CC(C)(C)c1ccc(N2c3ccccc3C(C)(C)c3ccc(-c4nsc(-c5cc6cccnc6c6ncccc56)n4)cc32)cc1. The Morgan fingerprint density at radius 1 is 0.711 bits per heavy atom. The lowest BCUT2D eigenvalue weighted by Crippen LogP contribution is -2.30. The summed E-state index contributed by atoms with van der Waals surface area (Å²) in [7, 11) is 0. The Kier molecular flexibility index (Phi) is 6.16. The highest BCUT2D eigenvalue weighted by molar-refractivity contribution is 7.09. The highest BCUT2D eigenvalue weighted by Crippen LogP contribution is 2.52. The first-order valence-electron chi connectivity index (χ1n) is 15.3. The molecule has 0 unspecified atom stereocenters. The lowest BCUT2D eigenvalue weighted by molar-refractivity contribution is 0.590. The zero-order valence-corrected chi connectivity index (χ0v) is 26.9. The Bertz CT molecular complexity index is 2240. The Hall–Kier alpha value is -4.94. The maximum Gasteiger partial charge on any atom is 0.173 e. The number of nitrogens with zero attached hydrogens (tertiary/aromatic N) is 5. The number of hydrogen-bond acceptors (Lipinski definition) is 6. The molecule has 3 aromatic heterocycles. The van der Waals surface area contributed by atoms with Gasteiger partial charge in [-0.25, -0.2) is 4.98 Å². The normalized spacial score (nSPS) is 14.0. The van der Waals surface area contributed by atoms with Crippen molar-refractivity contribution in [2.24, 2.45) is 0 Å². The van der Waals surface area contributed by atoms with Crippen LogP contribution in [0.5, 0.6) is 0 Å². The number of benzene rings is 4. The van der Waals surface area contributed by atoms with Crippen LogP contribution in [0.4, 0.5) is 17.1 Å². The van der Waals surface area contributed by atoms with Crippen LogP contribution in [0.3, 0.4) is 0 Å². The van der Waals surface area contributed by atoms with Crippen LogP contribution in [0.2, 0.25) is 0 Å². The first-order valence-corrected chi connectivity index (χ1v) is 16.1. The average Bonchev–Trinajstić information content (AvgIpc) is 3.55. The highest BCUT2D eigenvalue weighted by Gasteiger charge is 2.37. The Labute approximate surface area is 267 Å². The minimum atomic E-state index is -0.169. The molecule has 0 N–H and O–H groups in total. The van der Waals surface area contributed by atoms with Crippen LogP contribution in [-0.4, -0.2) is 19.3 Å². The molecule has 8 rings (SSSR count). The molecular formula is C39H33N5S. The fourth-order valence-corrected chi connectivity index (χ4v) is 7.36. The van der Waals surface area contributed by atoms with Gasteiger partial charge in [0, 0.05) is 45.4 Å². The van der Waals surface area contributed by atoms with E-state index in [1.807, 2.05) is 24.5 Å². The number of para-hydroxylation sites is 1. The number of aromatic nitrogens is 4. The molecule has 0 saturated heterocycles. The van der Waals surface area contributed by atoms with Crippen LogP contribution < -0.4 is 4.90 Å². The molecule has 0 saturated carbocycles. The van der Waals surface area contributed by atoms with E-state index in [-0.39, 0.29) is 10.8 Å². The van der Waals surface area contributed by atoms with E-state index in [0.29, 0.717) is 0 Å². The second-order valence-corrected chi connectivity index (χ2v) is 14.1. The van der Waals surface area contributed by atoms with Crippen molar-refractivity contribution in [1.29, 1.82) is 0 Å². The Balaban J connectivity index is 1.27. The van der Waals surface area contributed by atoms with Crippen molar-refractivity contribution in [3.63, 3.8) is 0 Å². The average molecular weight is 604 g/mol. The Morgan fingerprint density at radius 3 is 2.24 bits per heavy atom. The summed E-state index contributed by atoms with van der Waals surface area (Å²) in [5.74, 6) is 0.723. The van der Waals surface area contributed by atoms with Crippen LogP contribution in [0.15, 0.2) is 109 Å². The quantitative estimate of drug-likeness (QED) is 0.188. The third-order valence-corrected chi connectivity index (χ3v) is 9.85. The van der Waals surface area contributed by atoms with Gasteiger partial charge in [-0.2, -0.15) is 4.37 Å². The summed E-state index contributed by atoms with van der Waals surface area (Å²) < 4.78 is 4.89. The van der Waals surface area contributed by atoms with Crippen molar-refractivity contribution in [2.45, 2.75) is 45.4 Å². The predicted octanol–water partition coefficient (Wildman–Crippen LogP) is 10.4. The van der Waals surface area contributed by atoms with Gasteiger partial charge in [0.1, 0.15) is 5.01 Å². The number of fused-ring (bicyclic) bond motifs is 5. The fraction of sp³-hybridized carbons (Fsp3) is 0.179. The molecule has 0 amide bonds. The lowest BCUT2D eigenvalue weighted by atomic mass is 9.73. The number of hydrogen-bond donors (Lipinski definition) is 0. The van der Waals surface area contributed by atoms with Gasteiger partial charge in [0.25, 0.3) is 0 Å². The minimum Gasteiger partial charge on any atom is -0.310 e. The molecule has 6 heteroatoms. The second-order valence-electron chi connectivity index (χ2n) is 13.3. The molecule has 0 fully saturated rings. The number of rotatable bonds is 3. The number of anilines is 3. The molecule has 0 spiro atoms. The molecule has 0 bridgehead atoms. The van der Waals surface area contributed by atoms with Crippen LogP contribution in [0.1, 0.15) is 51.3 Å². The van der Waals surface area contributed by atoms with Gasteiger partial charge in [0.05, 0.1) is 22.4 Å². The van der Waals surface area contributed by atoms with Gasteiger partial charge in [0.15, 0.2) is 5.82 Å². The summed E-state index contributed by atoms with van der Waals surface area (Å²) in [4.78, 5) is 16.8. The van der Waals surface area contributed by atoms with E-state index in [9.17, 15) is 0 Å². The Morgan fingerprint density at radius 2 is 1.44 bits per heavy atom. The third-order valence-electron chi connectivity index (χ3n) is 9.10. The summed E-state index contributed by atoms with van der Waals surface area (Å²) in [6.45, 7) is 11.4. The lowest BCUT2D eigenvalue weighted by Gasteiger charge is -2.42. The van der Waals surface area contributed by atoms with Crippen molar-refractivity contribution < 1.29 is 0 Å². The van der Waals surface area contributed by atoms with Gasteiger partial charge in [-0.15, -0.1) is 0 Å². The van der Waals surface area contributed by atoms with Crippen LogP contribution in [0, 0.1) is 0 Å². The van der Waals surface area contributed by atoms with Crippen LogP contribution >= 0.6 is 11.5 Å². The van der Waals surface area contributed by atoms with E-state index in [1.165, 1.54) is 33.9 Å². The first-order chi connectivity index (χ1) is 21.7. The van der Waals surface area contributed by atoms with Gasteiger partial charge in [-0.3, -0.25) is 9.97 Å². The summed E-state index contributed by atoms with van der Waals surface area (Å²) >= 11 is 1.42. The van der Waals surface area contributed by atoms with Crippen molar-refractivity contribution in [3.8, 4) is 22.0 Å². The van der Waals surface area contributed by atoms with Crippen LogP contribution in [0.25, 0.3) is 43.8 Å². The zero-order valence-electron chi connectivity index (χ0n) is 26.0. The topological polar surface area (TPSA) is 54.8 Å². The van der Waals surface area contributed by atoms with Gasteiger partial charge < -0.3 is 4.90 Å². The summed E-state index contributed by atoms with van der Waals surface area (Å²) in [6.07, 6.45) is 3.64. The summed E-state index contributed by atoms with van der Waals surface area (Å²) in [5.41, 5.74) is 11.1. The van der Waals surface area contributed by atoms with E-state index in [0.717, 1.165) is 55.1 Å². The molecule has 4 heterocycles. The largest absolute Gasteiger partial charge is 0.310 e. The molecular weight excluding hydrogens is 571 g/mol. The van der Waals surface area contributed by atoms with Gasteiger partial charge >= 0.3 is 0 Å². The fourth-order valence-electron chi connectivity index (χ4n) is 6.65. The van der Waals surface area contributed by atoms with E-state index in [4.69, 9.17) is 9.36 Å². The molecule has 220 valence electrons. The van der Waals surface area contributed by atoms with Crippen LogP contribution in [-0.2, 0) is 10.8 Å². The molecule has 0 aliphatic carbocycles. The molecule has 0 radical (unpaired) electrons. The molecule has 45 heavy (non-hydrogen) atoms. The smallest absolute Gasteiger partial charge is 0.173 e. The predicted molar refractivity (Wildman–Crippen MR) is 187 cm³/mol. The standard InChI is InChI=1S/C39H33N5S/c1-38(2,3)26-15-17-27(18-16-26)44-32-13-7-6-12-30(32)39(4,5)31-19-14-25(23-33(31)44)36-42-37(45-43-36)29-22-24-10-8-20-40-34(24)35-28(29)11-9-21-41-35/h6-23H,1-5H3. The third kappa shape index (κ3) is 4.43. The zero-order chi connectivity index (χ0) is 30.9.